The minimum absolute atomic E-state index is 0.0351. The van der Waals surface area contributed by atoms with E-state index in [4.69, 9.17) is 5.11 Å². The molecular weight excluding hydrogens is 314 g/mol. The van der Waals surface area contributed by atoms with Crippen molar-refractivity contribution in [3.05, 3.63) is 20.8 Å². The summed E-state index contributed by atoms with van der Waals surface area (Å²) in [4.78, 5) is 0.970. The highest BCUT2D eigenvalue weighted by Gasteiger charge is 2.09. The van der Waals surface area contributed by atoms with Gasteiger partial charge in [-0.1, -0.05) is 0 Å². The largest absolute Gasteiger partial charge is 0.396 e. The number of aliphatic hydroxyl groups is 1. The van der Waals surface area contributed by atoms with Crippen molar-refractivity contribution in [2.75, 3.05) is 12.4 Å². The molecule has 0 aliphatic carbocycles. The summed E-state index contributed by atoms with van der Waals surface area (Å²) < 4.78 is 26.5. The van der Waals surface area contributed by atoms with Gasteiger partial charge >= 0.3 is 0 Å². The van der Waals surface area contributed by atoms with Crippen molar-refractivity contribution >= 4 is 37.3 Å². The van der Waals surface area contributed by atoms with Crippen LogP contribution in [0.2, 0.25) is 0 Å². The van der Waals surface area contributed by atoms with Crippen molar-refractivity contribution in [3.8, 4) is 0 Å². The second kappa shape index (κ2) is 6.70. The molecule has 92 valence electrons. The zero-order chi connectivity index (χ0) is 12.0. The minimum atomic E-state index is -3.21. The van der Waals surface area contributed by atoms with E-state index in [0.717, 1.165) is 9.35 Å². The summed E-state index contributed by atoms with van der Waals surface area (Å²) in [5.74, 6) is 0.0695. The predicted molar refractivity (Wildman–Crippen MR) is 69.0 cm³/mol. The normalized spacial score (nSPS) is 11.9. The molecule has 1 aromatic rings. The number of hydrogen-bond acceptors (Lipinski definition) is 4. The summed E-state index contributed by atoms with van der Waals surface area (Å²) in [5, 5.41) is 10.5. The van der Waals surface area contributed by atoms with Crippen LogP contribution in [0.4, 0.5) is 0 Å². The first-order valence-corrected chi connectivity index (χ1v) is 8.17. The zero-order valence-electron chi connectivity index (χ0n) is 8.65. The molecule has 4 nitrogen and oxygen atoms in total. The van der Waals surface area contributed by atoms with Crippen LogP contribution in [0, 0.1) is 0 Å². The molecule has 0 aliphatic rings. The average molecular weight is 328 g/mol. The SMILES string of the molecule is O=S(=O)(CCCCO)NCc1cc(Br)cs1. The van der Waals surface area contributed by atoms with E-state index in [9.17, 15) is 8.42 Å². The van der Waals surface area contributed by atoms with Crippen molar-refractivity contribution < 1.29 is 13.5 Å². The van der Waals surface area contributed by atoms with E-state index in [2.05, 4.69) is 20.7 Å². The van der Waals surface area contributed by atoms with Gasteiger partial charge in [0.2, 0.25) is 10.0 Å². The van der Waals surface area contributed by atoms with Crippen LogP contribution in [0.1, 0.15) is 17.7 Å². The van der Waals surface area contributed by atoms with Gasteiger partial charge in [0.25, 0.3) is 0 Å². The van der Waals surface area contributed by atoms with Crippen LogP contribution in [0.15, 0.2) is 15.9 Å². The Balaban J connectivity index is 2.36. The van der Waals surface area contributed by atoms with Crippen LogP contribution < -0.4 is 4.72 Å². The minimum Gasteiger partial charge on any atom is -0.396 e. The number of aliphatic hydroxyl groups excluding tert-OH is 1. The van der Waals surface area contributed by atoms with Crippen LogP contribution in [0.5, 0.6) is 0 Å². The molecule has 1 heterocycles. The van der Waals surface area contributed by atoms with Crippen LogP contribution in [-0.2, 0) is 16.6 Å². The fourth-order valence-corrected chi connectivity index (χ4v) is 3.69. The molecule has 0 atom stereocenters. The van der Waals surface area contributed by atoms with Gasteiger partial charge in [-0.05, 0) is 34.8 Å². The Bertz CT molecular complexity index is 416. The van der Waals surface area contributed by atoms with Crippen LogP contribution in [0.3, 0.4) is 0 Å². The summed E-state index contributed by atoms with van der Waals surface area (Å²) in [6.45, 7) is 0.366. The molecule has 0 radical (unpaired) electrons. The Morgan fingerprint density at radius 1 is 1.44 bits per heavy atom. The Labute approximate surface area is 108 Å². The van der Waals surface area contributed by atoms with Gasteiger partial charge in [0.1, 0.15) is 0 Å². The number of rotatable bonds is 7. The quantitative estimate of drug-likeness (QED) is 0.749. The lowest BCUT2D eigenvalue weighted by Gasteiger charge is -2.04. The van der Waals surface area contributed by atoms with Gasteiger partial charge < -0.3 is 5.11 Å². The lowest BCUT2D eigenvalue weighted by molar-refractivity contribution is 0.287. The van der Waals surface area contributed by atoms with Gasteiger partial charge in [0, 0.05) is 27.9 Å². The zero-order valence-corrected chi connectivity index (χ0v) is 11.9. The summed E-state index contributed by atoms with van der Waals surface area (Å²) >= 11 is 4.81. The van der Waals surface area contributed by atoms with Gasteiger partial charge in [0.15, 0.2) is 0 Å². The van der Waals surface area contributed by atoms with Crippen molar-refractivity contribution in [2.45, 2.75) is 19.4 Å². The van der Waals surface area contributed by atoms with E-state index >= 15 is 0 Å². The third kappa shape index (κ3) is 5.40. The lowest BCUT2D eigenvalue weighted by atomic mass is 10.4. The van der Waals surface area contributed by atoms with E-state index in [0.29, 0.717) is 19.4 Å². The Morgan fingerprint density at radius 2 is 2.19 bits per heavy atom. The molecule has 1 rings (SSSR count). The molecule has 0 saturated carbocycles. The van der Waals surface area contributed by atoms with Gasteiger partial charge in [-0.2, -0.15) is 0 Å². The highest BCUT2D eigenvalue weighted by Crippen LogP contribution is 2.19. The van der Waals surface area contributed by atoms with E-state index < -0.39 is 10.0 Å². The molecule has 0 aromatic carbocycles. The fraction of sp³-hybridized carbons (Fsp3) is 0.556. The van der Waals surface area contributed by atoms with Gasteiger partial charge in [0.05, 0.1) is 5.75 Å². The molecule has 0 fully saturated rings. The third-order valence-corrected chi connectivity index (χ3v) is 5.02. The summed E-state index contributed by atoms with van der Waals surface area (Å²) in [5.41, 5.74) is 0. The number of nitrogens with one attached hydrogen (secondary N) is 1. The van der Waals surface area contributed by atoms with Crippen LogP contribution in [-0.4, -0.2) is 25.9 Å². The molecule has 0 unspecified atom stereocenters. The summed E-state index contributed by atoms with van der Waals surface area (Å²) in [6.07, 6.45) is 1.01. The van der Waals surface area contributed by atoms with Crippen LogP contribution in [0.25, 0.3) is 0 Å². The summed E-state index contributed by atoms with van der Waals surface area (Å²) in [6, 6.07) is 1.89. The Hall–Kier alpha value is 0.0500. The van der Waals surface area contributed by atoms with E-state index in [-0.39, 0.29) is 12.4 Å². The molecule has 1 aromatic heterocycles. The van der Waals surface area contributed by atoms with Crippen LogP contribution >= 0.6 is 27.3 Å². The first kappa shape index (κ1) is 14.1. The smallest absolute Gasteiger partial charge is 0.211 e. The number of hydrogen-bond donors (Lipinski definition) is 2. The first-order chi connectivity index (χ1) is 7.53. The second-order valence-corrected chi connectivity index (χ2v) is 7.14. The highest BCUT2D eigenvalue weighted by atomic mass is 79.9. The molecule has 0 bridgehead atoms. The van der Waals surface area contributed by atoms with Gasteiger partial charge in [-0.15, -0.1) is 11.3 Å². The van der Waals surface area contributed by atoms with Gasteiger partial charge in [-0.3, -0.25) is 0 Å². The average Bonchev–Trinajstić information content (AvgIpc) is 2.62. The maximum Gasteiger partial charge on any atom is 0.211 e. The Kier molecular flexibility index (Phi) is 5.91. The molecular formula is C9H14BrNO3S2. The topological polar surface area (TPSA) is 66.4 Å². The monoisotopic (exact) mass is 327 g/mol. The highest BCUT2D eigenvalue weighted by molar-refractivity contribution is 9.10. The summed E-state index contributed by atoms with van der Waals surface area (Å²) in [7, 11) is -3.21. The first-order valence-electron chi connectivity index (χ1n) is 4.84. The standard InChI is InChI=1S/C9H14BrNO3S2/c10-8-5-9(15-7-8)6-11-16(13,14)4-2-1-3-12/h5,7,11-12H,1-4,6H2. The number of halogens is 1. The molecule has 16 heavy (non-hydrogen) atoms. The van der Waals surface area contributed by atoms with E-state index in [1.165, 1.54) is 11.3 Å². The predicted octanol–water partition coefficient (Wildman–Crippen LogP) is 1.70. The molecule has 0 saturated heterocycles. The van der Waals surface area contributed by atoms with Gasteiger partial charge in [-0.25, -0.2) is 13.1 Å². The maximum atomic E-state index is 11.5. The molecule has 7 heteroatoms. The lowest BCUT2D eigenvalue weighted by Crippen LogP contribution is -2.25. The van der Waals surface area contributed by atoms with Crippen molar-refractivity contribution in [1.82, 2.24) is 4.72 Å². The number of sulfonamides is 1. The van der Waals surface area contributed by atoms with E-state index in [1.807, 2.05) is 11.4 Å². The second-order valence-electron chi connectivity index (χ2n) is 3.30. The fourth-order valence-electron chi connectivity index (χ4n) is 1.10. The molecule has 0 amide bonds. The van der Waals surface area contributed by atoms with Crippen molar-refractivity contribution in [2.24, 2.45) is 0 Å². The molecule has 0 aliphatic heterocycles. The van der Waals surface area contributed by atoms with Crippen molar-refractivity contribution in [3.63, 3.8) is 0 Å². The number of unbranched alkanes of at least 4 members (excludes halogenated alkanes) is 1. The Morgan fingerprint density at radius 3 is 2.75 bits per heavy atom. The maximum absolute atomic E-state index is 11.5. The number of thiophene rings is 1. The van der Waals surface area contributed by atoms with Crippen molar-refractivity contribution in [1.29, 1.82) is 0 Å². The van der Waals surface area contributed by atoms with E-state index in [1.54, 1.807) is 0 Å². The molecule has 0 spiro atoms. The molecule has 2 N–H and O–H groups in total. The third-order valence-electron chi connectivity index (χ3n) is 1.91.